The van der Waals surface area contributed by atoms with Crippen molar-refractivity contribution in [2.45, 2.75) is 6.92 Å². The van der Waals surface area contributed by atoms with Gasteiger partial charge in [-0.2, -0.15) is 0 Å². The molecule has 0 spiro atoms. The average molecular weight is 318 g/mol. The van der Waals surface area contributed by atoms with Crippen molar-refractivity contribution in [2.24, 2.45) is 0 Å². The minimum Gasteiger partial charge on any atom is -0.497 e. The molecule has 4 nitrogen and oxygen atoms in total. The minimum atomic E-state index is -0.177. The summed E-state index contributed by atoms with van der Waals surface area (Å²) in [5.74, 6) is 0.637. The first-order chi connectivity index (χ1) is 11.6. The summed E-state index contributed by atoms with van der Waals surface area (Å²) in [6, 6.07) is 13.6. The monoisotopic (exact) mass is 318 g/mol. The maximum Gasteiger partial charge on any atom is 0.248 e. The lowest BCUT2D eigenvalue weighted by molar-refractivity contribution is -0.111. The molecule has 3 rings (SSSR count). The van der Waals surface area contributed by atoms with Crippen LogP contribution in [0.4, 0.5) is 5.69 Å². The summed E-state index contributed by atoms with van der Waals surface area (Å²) in [6.07, 6.45) is 6.76. The quantitative estimate of drug-likeness (QED) is 0.733. The number of methoxy groups -OCH3 is 1. The Kier molecular flexibility index (Phi) is 4.57. The molecule has 1 heterocycles. The van der Waals surface area contributed by atoms with Crippen molar-refractivity contribution >= 4 is 28.4 Å². The van der Waals surface area contributed by atoms with Crippen LogP contribution in [0.25, 0.3) is 16.8 Å². The lowest BCUT2D eigenvalue weighted by atomic mass is 10.1. The lowest BCUT2D eigenvalue weighted by Gasteiger charge is -2.06. The molecule has 3 aromatic rings. The van der Waals surface area contributed by atoms with Gasteiger partial charge in [-0.15, -0.1) is 0 Å². The van der Waals surface area contributed by atoms with E-state index < -0.39 is 0 Å². The fraction of sp³-hybridized carbons (Fsp3) is 0.100. The second kappa shape index (κ2) is 6.96. The topological polar surface area (TPSA) is 51.2 Å². The number of pyridine rings is 1. The van der Waals surface area contributed by atoms with E-state index in [4.69, 9.17) is 4.74 Å². The standard InChI is InChI=1S/C20H18N2O2/c1-14-9-15(13-21-12-14)3-8-20(23)22-18-6-4-17-11-19(24-2)7-5-16(17)10-18/h3-13H,1-2H3,(H,22,23)/b8-3+. The van der Waals surface area contributed by atoms with E-state index in [9.17, 15) is 4.79 Å². The first kappa shape index (κ1) is 15.7. The number of anilines is 1. The zero-order valence-corrected chi connectivity index (χ0v) is 13.6. The Morgan fingerprint density at radius 3 is 2.67 bits per heavy atom. The Morgan fingerprint density at radius 2 is 1.88 bits per heavy atom. The van der Waals surface area contributed by atoms with E-state index in [1.165, 1.54) is 6.08 Å². The van der Waals surface area contributed by atoms with Crippen molar-refractivity contribution in [1.82, 2.24) is 4.98 Å². The number of aryl methyl sites for hydroxylation is 1. The van der Waals surface area contributed by atoms with Crippen LogP contribution in [0.15, 0.2) is 60.9 Å². The number of hydrogen-bond acceptors (Lipinski definition) is 3. The highest BCUT2D eigenvalue weighted by Crippen LogP contribution is 2.23. The van der Waals surface area contributed by atoms with Gasteiger partial charge in [0, 0.05) is 24.2 Å². The van der Waals surface area contributed by atoms with Gasteiger partial charge < -0.3 is 10.1 Å². The fourth-order valence-electron chi connectivity index (χ4n) is 2.45. The SMILES string of the molecule is COc1ccc2cc(NC(=O)/C=C/c3cncc(C)c3)ccc2c1. The highest BCUT2D eigenvalue weighted by molar-refractivity contribution is 6.03. The molecule has 0 aliphatic heterocycles. The molecular formula is C20H18N2O2. The van der Waals surface area contributed by atoms with Crippen LogP contribution in [0.2, 0.25) is 0 Å². The summed E-state index contributed by atoms with van der Waals surface area (Å²) in [5, 5.41) is 4.98. The van der Waals surface area contributed by atoms with Crippen LogP contribution >= 0.6 is 0 Å². The molecule has 0 saturated carbocycles. The summed E-state index contributed by atoms with van der Waals surface area (Å²) in [4.78, 5) is 16.2. The number of nitrogens with zero attached hydrogens (tertiary/aromatic N) is 1. The third-order valence-corrected chi connectivity index (χ3v) is 3.64. The Hall–Kier alpha value is -3.14. The van der Waals surface area contributed by atoms with Crippen molar-refractivity contribution in [2.75, 3.05) is 12.4 Å². The van der Waals surface area contributed by atoms with Crippen LogP contribution in [-0.2, 0) is 4.79 Å². The largest absolute Gasteiger partial charge is 0.497 e. The zero-order chi connectivity index (χ0) is 16.9. The van der Waals surface area contributed by atoms with E-state index in [-0.39, 0.29) is 5.91 Å². The molecule has 4 heteroatoms. The van der Waals surface area contributed by atoms with Gasteiger partial charge in [0.05, 0.1) is 7.11 Å². The lowest BCUT2D eigenvalue weighted by Crippen LogP contribution is -2.07. The Labute approximate surface area is 140 Å². The predicted molar refractivity (Wildman–Crippen MR) is 97.1 cm³/mol. The van der Waals surface area contributed by atoms with Crippen molar-refractivity contribution in [3.63, 3.8) is 0 Å². The molecule has 0 atom stereocenters. The summed E-state index contributed by atoms with van der Waals surface area (Å²) < 4.78 is 5.22. The number of hydrogen-bond donors (Lipinski definition) is 1. The van der Waals surface area contributed by atoms with Crippen LogP contribution in [0.1, 0.15) is 11.1 Å². The summed E-state index contributed by atoms with van der Waals surface area (Å²) in [7, 11) is 1.64. The number of amides is 1. The Morgan fingerprint density at radius 1 is 1.08 bits per heavy atom. The molecule has 24 heavy (non-hydrogen) atoms. The molecule has 0 saturated heterocycles. The molecule has 0 unspecified atom stereocenters. The zero-order valence-electron chi connectivity index (χ0n) is 13.6. The number of aromatic nitrogens is 1. The van der Waals surface area contributed by atoms with Gasteiger partial charge in [-0.05, 0) is 65.2 Å². The molecule has 0 aliphatic rings. The Balaban J connectivity index is 1.73. The van der Waals surface area contributed by atoms with Crippen LogP contribution in [-0.4, -0.2) is 18.0 Å². The van der Waals surface area contributed by atoms with E-state index in [0.717, 1.165) is 33.3 Å². The van der Waals surface area contributed by atoms with Crippen LogP contribution in [0, 0.1) is 6.92 Å². The first-order valence-electron chi connectivity index (χ1n) is 7.62. The number of ether oxygens (including phenoxy) is 1. The molecule has 120 valence electrons. The summed E-state index contributed by atoms with van der Waals surface area (Å²) in [5.41, 5.74) is 2.71. The number of carbonyl (C=O) groups is 1. The van der Waals surface area contributed by atoms with Gasteiger partial charge >= 0.3 is 0 Å². The van der Waals surface area contributed by atoms with Crippen LogP contribution in [0.5, 0.6) is 5.75 Å². The maximum absolute atomic E-state index is 12.1. The fourth-order valence-corrected chi connectivity index (χ4v) is 2.45. The average Bonchev–Trinajstić information content (AvgIpc) is 2.59. The van der Waals surface area contributed by atoms with Gasteiger partial charge in [0.1, 0.15) is 5.75 Å². The second-order valence-electron chi connectivity index (χ2n) is 5.55. The van der Waals surface area contributed by atoms with Crippen molar-refractivity contribution in [3.05, 3.63) is 72.1 Å². The van der Waals surface area contributed by atoms with Gasteiger partial charge in [-0.1, -0.05) is 12.1 Å². The van der Waals surface area contributed by atoms with Gasteiger partial charge in [-0.3, -0.25) is 9.78 Å². The molecule has 0 radical (unpaired) electrons. The molecular weight excluding hydrogens is 300 g/mol. The van der Waals surface area contributed by atoms with E-state index in [2.05, 4.69) is 10.3 Å². The van der Waals surface area contributed by atoms with E-state index >= 15 is 0 Å². The highest BCUT2D eigenvalue weighted by atomic mass is 16.5. The molecule has 1 aromatic heterocycles. The number of carbonyl (C=O) groups excluding carboxylic acids is 1. The van der Waals surface area contributed by atoms with Crippen molar-refractivity contribution < 1.29 is 9.53 Å². The van der Waals surface area contributed by atoms with E-state index in [1.54, 1.807) is 25.6 Å². The summed E-state index contributed by atoms with van der Waals surface area (Å²) >= 11 is 0. The Bertz CT molecular complexity index is 916. The molecule has 0 fully saturated rings. The number of nitrogens with one attached hydrogen (secondary N) is 1. The molecule has 1 N–H and O–H groups in total. The molecule has 0 aliphatic carbocycles. The molecule has 0 bridgehead atoms. The highest BCUT2D eigenvalue weighted by Gasteiger charge is 2.01. The van der Waals surface area contributed by atoms with Crippen LogP contribution < -0.4 is 10.1 Å². The van der Waals surface area contributed by atoms with Gasteiger partial charge in [0.15, 0.2) is 0 Å². The van der Waals surface area contributed by atoms with Gasteiger partial charge in [0.25, 0.3) is 0 Å². The molecule has 2 aromatic carbocycles. The molecule has 1 amide bonds. The predicted octanol–water partition coefficient (Wildman–Crippen LogP) is 4.20. The van der Waals surface area contributed by atoms with Crippen molar-refractivity contribution in [3.8, 4) is 5.75 Å². The smallest absolute Gasteiger partial charge is 0.248 e. The maximum atomic E-state index is 12.1. The third kappa shape index (κ3) is 3.79. The number of rotatable bonds is 4. The van der Waals surface area contributed by atoms with Gasteiger partial charge in [-0.25, -0.2) is 0 Å². The second-order valence-corrected chi connectivity index (χ2v) is 5.55. The summed E-state index contributed by atoms with van der Waals surface area (Å²) in [6.45, 7) is 1.97. The number of fused-ring (bicyclic) bond motifs is 1. The van der Waals surface area contributed by atoms with Gasteiger partial charge in [0.2, 0.25) is 5.91 Å². The van der Waals surface area contributed by atoms with Crippen LogP contribution in [0.3, 0.4) is 0 Å². The minimum absolute atomic E-state index is 0.177. The first-order valence-corrected chi connectivity index (χ1v) is 7.62. The van der Waals surface area contributed by atoms with E-state index in [0.29, 0.717) is 0 Å². The third-order valence-electron chi connectivity index (χ3n) is 3.64. The number of benzene rings is 2. The normalized spacial score (nSPS) is 10.9. The van der Waals surface area contributed by atoms with Crippen molar-refractivity contribution in [1.29, 1.82) is 0 Å². The van der Waals surface area contributed by atoms with E-state index in [1.807, 2.05) is 49.4 Å².